The number of hydrogen-bond acceptors (Lipinski definition) is 3. The molecule has 1 unspecified atom stereocenters. The minimum absolute atomic E-state index is 0.152. The van der Waals surface area contributed by atoms with Gasteiger partial charge in [0.15, 0.2) is 0 Å². The first-order valence-corrected chi connectivity index (χ1v) is 11.7. The molecular formula is C24H34F3N3O2. The summed E-state index contributed by atoms with van der Waals surface area (Å²) in [5, 5.41) is 2.44. The molecule has 2 fully saturated rings. The molecule has 178 valence electrons. The molecule has 1 aromatic rings. The van der Waals surface area contributed by atoms with Gasteiger partial charge < -0.3 is 15.1 Å². The number of nitrogens with one attached hydrogen (secondary N) is 1. The van der Waals surface area contributed by atoms with Crippen molar-refractivity contribution in [1.29, 1.82) is 0 Å². The van der Waals surface area contributed by atoms with Crippen LogP contribution in [-0.4, -0.2) is 42.9 Å². The van der Waals surface area contributed by atoms with Crippen molar-refractivity contribution in [3.63, 3.8) is 0 Å². The lowest BCUT2D eigenvalue weighted by atomic mass is 9.91. The highest BCUT2D eigenvalue weighted by Crippen LogP contribution is 2.40. The van der Waals surface area contributed by atoms with Gasteiger partial charge in [-0.25, -0.2) is 0 Å². The SMILES string of the molecule is CC(=O)Nc1ccc(N2CCCC(CCCN(C=O)C3CCCCC3)C2)c(C(F)(F)F)c1. The number of rotatable bonds is 8. The Bertz CT molecular complexity index is 778. The number of hydrogen-bond donors (Lipinski definition) is 1. The number of carbonyl (C=O) groups excluding carboxylic acids is 2. The maximum Gasteiger partial charge on any atom is 0.418 e. The topological polar surface area (TPSA) is 52.7 Å². The summed E-state index contributed by atoms with van der Waals surface area (Å²) in [4.78, 5) is 26.5. The summed E-state index contributed by atoms with van der Waals surface area (Å²) in [6.45, 7) is 3.16. The Balaban J connectivity index is 1.61. The first-order valence-electron chi connectivity index (χ1n) is 11.7. The Morgan fingerprint density at radius 3 is 2.59 bits per heavy atom. The number of amides is 2. The first kappa shape index (κ1) is 24.4. The van der Waals surface area contributed by atoms with Crippen LogP contribution in [0.4, 0.5) is 24.5 Å². The predicted molar refractivity (Wildman–Crippen MR) is 120 cm³/mol. The van der Waals surface area contributed by atoms with Crippen LogP contribution in [-0.2, 0) is 15.8 Å². The zero-order valence-corrected chi connectivity index (χ0v) is 18.8. The molecule has 0 radical (unpaired) electrons. The molecule has 0 aromatic heterocycles. The van der Waals surface area contributed by atoms with E-state index in [2.05, 4.69) is 5.32 Å². The second-order valence-electron chi connectivity index (χ2n) is 9.14. The average molecular weight is 454 g/mol. The van der Waals surface area contributed by atoms with E-state index in [9.17, 15) is 22.8 Å². The third-order valence-corrected chi connectivity index (χ3v) is 6.69. The molecule has 32 heavy (non-hydrogen) atoms. The summed E-state index contributed by atoms with van der Waals surface area (Å²) < 4.78 is 41.2. The lowest BCUT2D eigenvalue weighted by molar-refractivity contribution is -0.137. The number of anilines is 2. The van der Waals surface area contributed by atoms with Gasteiger partial charge in [-0.05, 0) is 62.6 Å². The van der Waals surface area contributed by atoms with E-state index in [0.717, 1.165) is 57.5 Å². The van der Waals surface area contributed by atoms with Gasteiger partial charge in [-0.1, -0.05) is 19.3 Å². The smallest absolute Gasteiger partial charge is 0.371 e. The van der Waals surface area contributed by atoms with Gasteiger partial charge in [0.2, 0.25) is 12.3 Å². The fourth-order valence-corrected chi connectivity index (χ4v) is 5.14. The third kappa shape index (κ3) is 6.62. The third-order valence-electron chi connectivity index (χ3n) is 6.69. The minimum atomic E-state index is -4.50. The molecule has 1 aliphatic carbocycles. The van der Waals surface area contributed by atoms with Crippen LogP contribution in [0.25, 0.3) is 0 Å². The largest absolute Gasteiger partial charge is 0.418 e. The van der Waals surface area contributed by atoms with Crippen LogP contribution in [0.1, 0.15) is 70.3 Å². The molecule has 5 nitrogen and oxygen atoms in total. The summed E-state index contributed by atoms with van der Waals surface area (Å²) in [5.41, 5.74) is -0.388. The van der Waals surface area contributed by atoms with E-state index in [-0.39, 0.29) is 11.4 Å². The highest BCUT2D eigenvalue weighted by Gasteiger charge is 2.36. The van der Waals surface area contributed by atoms with Crippen LogP contribution in [0, 0.1) is 5.92 Å². The van der Waals surface area contributed by atoms with Crippen LogP contribution in [0.2, 0.25) is 0 Å². The zero-order chi connectivity index (χ0) is 23.1. The Hall–Kier alpha value is -2.25. The Morgan fingerprint density at radius 1 is 1.19 bits per heavy atom. The van der Waals surface area contributed by atoms with Gasteiger partial charge in [-0.3, -0.25) is 9.59 Å². The van der Waals surface area contributed by atoms with Crippen LogP contribution in [0.3, 0.4) is 0 Å². The van der Waals surface area contributed by atoms with Crippen molar-refractivity contribution < 1.29 is 22.8 Å². The van der Waals surface area contributed by atoms with Crippen LogP contribution in [0.15, 0.2) is 18.2 Å². The van der Waals surface area contributed by atoms with Gasteiger partial charge in [-0.15, -0.1) is 0 Å². The summed E-state index contributed by atoms with van der Waals surface area (Å²) >= 11 is 0. The van der Waals surface area contributed by atoms with Crippen molar-refractivity contribution in [3.8, 4) is 0 Å². The monoisotopic (exact) mass is 453 g/mol. The van der Waals surface area contributed by atoms with E-state index in [0.29, 0.717) is 25.0 Å². The van der Waals surface area contributed by atoms with Gasteiger partial charge in [0, 0.05) is 44.0 Å². The number of carbonyl (C=O) groups is 2. The van der Waals surface area contributed by atoms with Gasteiger partial charge in [0.25, 0.3) is 0 Å². The maximum atomic E-state index is 13.7. The molecule has 0 bridgehead atoms. The number of alkyl halides is 3. The fourth-order valence-electron chi connectivity index (χ4n) is 5.14. The molecule has 1 aliphatic heterocycles. The Morgan fingerprint density at radius 2 is 1.94 bits per heavy atom. The average Bonchev–Trinajstić information content (AvgIpc) is 2.76. The van der Waals surface area contributed by atoms with Gasteiger partial charge in [0.05, 0.1) is 5.56 Å². The number of piperidine rings is 1. The molecule has 1 saturated heterocycles. The Labute approximate surface area is 188 Å². The van der Waals surface area contributed by atoms with Crippen molar-refractivity contribution in [2.45, 2.75) is 76.9 Å². The molecule has 1 heterocycles. The van der Waals surface area contributed by atoms with E-state index in [1.165, 1.54) is 38.3 Å². The van der Waals surface area contributed by atoms with E-state index in [4.69, 9.17) is 0 Å². The first-order chi connectivity index (χ1) is 15.3. The standard InChI is InChI=1S/C24H34F3N3O2/c1-18(32)28-20-11-12-23(22(15-20)24(25,26)27)29-13-5-7-19(16-29)8-6-14-30(17-31)21-9-3-2-4-10-21/h11-12,15,17,19,21H,2-10,13-14,16H2,1H3,(H,28,32). The molecular weight excluding hydrogens is 419 g/mol. The van der Waals surface area contributed by atoms with Gasteiger partial charge in [0.1, 0.15) is 0 Å². The quantitative estimate of drug-likeness (QED) is 0.533. The molecule has 3 rings (SSSR count). The van der Waals surface area contributed by atoms with Crippen LogP contribution >= 0.6 is 0 Å². The van der Waals surface area contributed by atoms with Crippen molar-refractivity contribution >= 4 is 23.7 Å². The Kier molecular flexibility index (Phi) is 8.43. The maximum absolute atomic E-state index is 13.7. The van der Waals surface area contributed by atoms with E-state index in [1.807, 2.05) is 9.80 Å². The highest BCUT2D eigenvalue weighted by atomic mass is 19.4. The second kappa shape index (κ2) is 11.1. The molecule has 8 heteroatoms. The summed E-state index contributed by atoms with van der Waals surface area (Å²) in [5.74, 6) is -0.0961. The molecule has 2 aliphatic rings. The molecule has 1 aromatic carbocycles. The van der Waals surface area contributed by atoms with Crippen molar-refractivity contribution in [2.75, 3.05) is 29.9 Å². The number of halogens is 3. The lowest BCUT2D eigenvalue weighted by Gasteiger charge is -2.36. The molecule has 1 N–H and O–H groups in total. The van der Waals surface area contributed by atoms with E-state index >= 15 is 0 Å². The number of nitrogens with zero attached hydrogens (tertiary/aromatic N) is 2. The zero-order valence-electron chi connectivity index (χ0n) is 18.8. The molecule has 1 saturated carbocycles. The van der Waals surface area contributed by atoms with Crippen LogP contribution < -0.4 is 10.2 Å². The summed E-state index contributed by atoms with van der Waals surface area (Å²) in [7, 11) is 0. The van der Waals surface area contributed by atoms with Gasteiger partial charge >= 0.3 is 6.18 Å². The van der Waals surface area contributed by atoms with Crippen molar-refractivity contribution in [1.82, 2.24) is 4.90 Å². The summed E-state index contributed by atoms with van der Waals surface area (Å²) in [6.07, 6.45) is 5.82. The van der Waals surface area contributed by atoms with E-state index in [1.54, 1.807) is 0 Å². The summed E-state index contributed by atoms with van der Waals surface area (Å²) in [6, 6.07) is 4.36. The van der Waals surface area contributed by atoms with Crippen LogP contribution in [0.5, 0.6) is 0 Å². The number of benzene rings is 1. The van der Waals surface area contributed by atoms with E-state index < -0.39 is 17.6 Å². The minimum Gasteiger partial charge on any atom is -0.371 e. The molecule has 2 amide bonds. The molecule has 1 atom stereocenters. The fraction of sp³-hybridized carbons (Fsp3) is 0.667. The van der Waals surface area contributed by atoms with Crippen molar-refractivity contribution in [2.24, 2.45) is 5.92 Å². The van der Waals surface area contributed by atoms with Gasteiger partial charge in [-0.2, -0.15) is 13.2 Å². The van der Waals surface area contributed by atoms with Crippen molar-refractivity contribution in [3.05, 3.63) is 23.8 Å². The predicted octanol–water partition coefficient (Wildman–Crippen LogP) is 5.45. The highest BCUT2D eigenvalue weighted by molar-refractivity contribution is 5.89. The normalized spacial score (nSPS) is 20.1. The lowest BCUT2D eigenvalue weighted by Crippen LogP contribution is -2.38. The molecule has 0 spiro atoms. The second-order valence-corrected chi connectivity index (χ2v) is 9.14.